The Balaban J connectivity index is 1.36. The average molecular weight is 616 g/mol. The number of carbonyl (C=O) groups is 1. The van der Waals surface area contributed by atoms with Gasteiger partial charge in [-0.3, -0.25) is 4.79 Å². The van der Waals surface area contributed by atoms with Crippen LogP contribution < -0.4 is 9.62 Å². The van der Waals surface area contributed by atoms with Crippen LogP contribution in [0.3, 0.4) is 0 Å². The second kappa shape index (κ2) is 11.5. The van der Waals surface area contributed by atoms with Crippen LogP contribution in [0.4, 0.5) is 18.9 Å². The predicted molar refractivity (Wildman–Crippen MR) is 154 cm³/mol. The van der Waals surface area contributed by atoms with Gasteiger partial charge in [-0.1, -0.05) is 19.6 Å². The molecule has 5 rings (SSSR count). The molecule has 1 amide bonds. The van der Waals surface area contributed by atoms with Crippen molar-refractivity contribution in [1.82, 2.24) is 19.2 Å². The van der Waals surface area contributed by atoms with Gasteiger partial charge >= 0.3 is 6.18 Å². The molecule has 0 spiro atoms. The van der Waals surface area contributed by atoms with Crippen LogP contribution in [0.1, 0.15) is 48.9 Å². The molecule has 2 saturated carbocycles. The van der Waals surface area contributed by atoms with Crippen LogP contribution >= 0.6 is 0 Å². The first kappa shape index (κ1) is 30.3. The van der Waals surface area contributed by atoms with Gasteiger partial charge in [-0.05, 0) is 56.6 Å². The van der Waals surface area contributed by atoms with Gasteiger partial charge in [-0.25, -0.2) is 18.1 Å². The maximum atomic E-state index is 13.4. The summed E-state index contributed by atoms with van der Waals surface area (Å²) in [7, 11) is -4.51. The summed E-state index contributed by atoms with van der Waals surface area (Å²) in [5, 5.41) is 0.450. The monoisotopic (exact) mass is 615 g/mol. The molecule has 0 aromatic carbocycles. The molecule has 3 aliphatic rings. The Hall–Kier alpha value is -2.16. The Kier molecular flexibility index (Phi) is 8.49. The molecule has 3 heterocycles. The van der Waals surface area contributed by atoms with Gasteiger partial charge in [0.2, 0.25) is 10.0 Å². The van der Waals surface area contributed by atoms with Crippen LogP contribution in [0.5, 0.6) is 0 Å². The molecule has 2 aromatic rings. The second-order valence-corrected chi connectivity index (χ2v) is 20.6. The van der Waals surface area contributed by atoms with Gasteiger partial charge < -0.3 is 19.1 Å². The Morgan fingerprint density at radius 3 is 2.46 bits per heavy atom. The summed E-state index contributed by atoms with van der Waals surface area (Å²) in [6.07, 6.45) is 3.00. The zero-order valence-electron chi connectivity index (χ0n) is 23.9. The number of amides is 1. The van der Waals surface area contributed by atoms with E-state index in [4.69, 9.17) is 4.74 Å². The number of hydrogen-bond donors (Lipinski definition) is 1. The lowest BCUT2D eigenvalue weighted by Crippen LogP contribution is -2.54. The van der Waals surface area contributed by atoms with Gasteiger partial charge in [0.1, 0.15) is 18.9 Å². The number of pyridine rings is 1. The van der Waals surface area contributed by atoms with Crippen molar-refractivity contribution in [2.24, 2.45) is 5.92 Å². The molecule has 1 aliphatic heterocycles. The van der Waals surface area contributed by atoms with E-state index in [1.165, 1.54) is 6.20 Å². The lowest BCUT2D eigenvalue weighted by molar-refractivity contribution is -0.141. The summed E-state index contributed by atoms with van der Waals surface area (Å²) in [4.78, 5) is 20.5. The summed E-state index contributed by atoms with van der Waals surface area (Å²) in [5.74, 6) is -0.505. The Labute approximate surface area is 240 Å². The highest BCUT2D eigenvalue weighted by atomic mass is 32.2. The number of nitrogens with one attached hydrogen (secondary N) is 1. The largest absolute Gasteiger partial charge is 0.406 e. The minimum absolute atomic E-state index is 0.0872. The number of halogens is 3. The van der Waals surface area contributed by atoms with Crippen LogP contribution in [-0.2, 0) is 21.5 Å². The van der Waals surface area contributed by atoms with Crippen LogP contribution in [0, 0.1) is 5.92 Å². The zero-order valence-corrected chi connectivity index (χ0v) is 25.7. The summed E-state index contributed by atoms with van der Waals surface area (Å²) in [6.45, 7) is 6.67. The minimum atomic E-state index is -4.52. The predicted octanol–water partition coefficient (Wildman–Crippen LogP) is 4.77. The fourth-order valence-corrected chi connectivity index (χ4v) is 7.97. The summed E-state index contributed by atoms with van der Waals surface area (Å²) in [5.41, 5.74) is 1.42. The van der Waals surface area contributed by atoms with E-state index in [9.17, 15) is 26.4 Å². The third kappa shape index (κ3) is 7.26. The molecule has 0 saturated heterocycles. The third-order valence-corrected chi connectivity index (χ3v) is 11.9. The average Bonchev–Trinajstić information content (AvgIpc) is 3.68. The SMILES string of the molecule is C[Si](C)(C)CCOCn1ccc2c3c(cnc21)C(=O)N(CC(F)(F)F)CN3[C@H]1CC[C@H](CNS(=O)(=O)C2CC2)CC1. The van der Waals surface area contributed by atoms with E-state index in [0.717, 1.165) is 29.2 Å². The topological polar surface area (TPSA) is 96.8 Å². The lowest BCUT2D eigenvalue weighted by atomic mass is 9.85. The Morgan fingerprint density at radius 1 is 1.12 bits per heavy atom. The second-order valence-electron chi connectivity index (χ2n) is 12.9. The molecule has 2 aliphatic carbocycles. The molecule has 0 atom stereocenters. The summed E-state index contributed by atoms with van der Waals surface area (Å²) >= 11 is 0. The molecule has 0 radical (unpaired) electrons. The third-order valence-electron chi connectivity index (χ3n) is 8.28. The lowest BCUT2D eigenvalue weighted by Gasteiger charge is -2.45. The zero-order chi connectivity index (χ0) is 29.6. The first-order valence-electron chi connectivity index (χ1n) is 14.4. The number of fused-ring (bicyclic) bond motifs is 3. The number of carbonyl (C=O) groups excluding carboxylic acids is 1. The number of rotatable bonds is 11. The highest BCUT2D eigenvalue weighted by Crippen LogP contribution is 2.40. The van der Waals surface area contributed by atoms with Crippen LogP contribution in [0.25, 0.3) is 11.0 Å². The van der Waals surface area contributed by atoms with E-state index in [-0.39, 0.29) is 29.4 Å². The van der Waals surface area contributed by atoms with E-state index in [0.29, 0.717) is 56.9 Å². The van der Waals surface area contributed by atoms with Crippen molar-refractivity contribution >= 4 is 40.7 Å². The van der Waals surface area contributed by atoms with Gasteiger partial charge in [-0.2, -0.15) is 13.2 Å². The Bertz CT molecular complexity index is 1370. The number of alkyl halides is 3. The smallest absolute Gasteiger partial charge is 0.361 e. The Morgan fingerprint density at radius 2 is 1.83 bits per heavy atom. The fourth-order valence-electron chi connectivity index (χ4n) is 5.75. The molecule has 41 heavy (non-hydrogen) atoms. The normalized spacial score (nSPS) is 22.4. The van der Waals surface area contributed by atoms with Gasteiger partial charge in [-0.15, -0.1) is 0 Å². The van der Waals surface area contributed by atoms with Crippen molar-refractivity contribution in [2.45, 2.75) is 88.4 Å². The molecule has 0 unspecified atom stereocenters. The van der Waals surface area contributed by atoms with Crippen molar-refractivity contribution in [3.05, 3.63) is 24.0 Å². The number of ether oxygens (including phenoxy) is 1. The number of aromatic nitrogens is 2. The number of hydrogen-bond acceptors (Lipinski definition) is 6. The molecule has 2 aromatic heterocycles. The number of anilines is 1. The molecular weight excluding hydrogens is 575 g/mol. The van der Waals surface area contributed by atoms with E-state index in [1.807, 2.05) is 21.7 Å². The maximum Gasteiger partial charge on any atom is 0.406 e. The summed E-state index contributed by atoms with van der Waals surface area (Å²) in [6, 6.07) is 2.80. The fraction of sp³-hybridized carbons (Fsp3) is 0.704. The standard InChI is InChI=1S/C27H40F3N5O4SSi/c1-41(2,3)13-12-39-18-33-11-10-22-24-23(15-31-25(22)33)26(36)34(16-27(28,29)30)17-35(24)20-6-4-19(5-7-20)14-32-40(37,38)21-8-9-21/h10-11,15,19-21,32H,4-9,12-14,16-18H2,1-3H3/t19-,20-. The summed E-state index contributed by atoms with van der Waals surface area (Å²) < 4.78 is 75.3. The van der Waals surface area contributed by atoms with Crippen LogP contribution in [0.15, 0.2) is 18.5 Å². The number of nitrogens with zero attached hydrogens (tertiary/aromatic N) is 4. The first-order chi connectivity index (χ1) is 19.2. The van der Waals surface area contributed by atoms with Gasteiger partial charge in [0.15, 0.2) is 0 Å². The van der Waals surface area contributed by atoms with Gasteiger partial charge in [0.25, 0.3) is 5.91 Å². The molecule has 1 N–H and O–H groups in total. The van der Waals surface area contributed by atoms with Crippen LogP contribution in [0.2, 0.25) is 25.7 Å². The highest BCUT2D eigenvalue weighted by Gasteiger charge is 2.42. The van der Waals surface area contributed by atoms with Gasteiger partial charge in [0.05, 0.1) is 23.2 Å². The molecule has 14 heteroatoms. The minimum Gasteiger partial charge on any atom is -0.361 e. The molecule has 0 bridgehead atoms. The molecule has 2 fully saturated rings. The number of sulfonamides is 1. The molecule has 228 valence electrons. The van der Waals surface area contributed by atoms with Crippen molar-refractivity contribution < 1.29 is 31.1 Å². The van der Waals surface area contributed by atoms with Gasteiger partial charge in [0, 0.05) is 45.0 Å². The first-order valence-corrected chi connectivity index (χ1v) is 19.6. The van der Waals surface area contributed by atoms with Crippen LogP contribution in [-0.4, -0.2) is 80.7 Å². The van der Waals surface area contributed by atoms with Crippen molar-refractivity contribution in [1.29, 1.82) is 0 Å². The van der Waals surface area contributed by atoms with E-state index in [1.54, 1.807) is 0 Å². The van der Waals surface area contributed by atoms with Crippen molar-refractivity contribution in [2.75, 3.05) is 31.3 Å². The maximum absolute atomic E-state index is 13.4. The van der Waals surface area contributed by atoms with E-state index < -0.39 is 36.7 Å². The van der Waals surface area contributed by atoms with Crippen molar-refractivity contribution in [3.8, 4) is 0 Å². The van der Waals surface area contributed by atoms with E-state index >= 15 is 0 Å². The molecular formula is C27H40F3N5O4SSi. The quantitative estimate of drug-likeness (QED) is 0.289. The van der Waals surface area contributed by atoms with Crippen molar-refractivity contribution in [3.63, 3.8) is 0 Å². The highest BCUT2D eigenvalue weighted by molar-refractivity contribution is 7.90. The molecule has 9 nitrogen and oxygen atoms in total. The van der Waals surface area contributed by atoms with E-state index in [2.05, 4.69) is 29.3 Å².